The van der Waals surface area contributed by atoms with E-state index in [-0.39, 0.29) is 0 Å². The highest BCUT2D eigenvalue weighted by Gasteiger charge is 2.56. The molecule has 0 saturated heterocycles. The highest BCUT2D eigenvalue weighted by atomic mass is 31.2. The molecule has 1 fully saturated rings. The van der Waals surface area contributed by atoms with Crippen molar-refractivity contribution in [1.29, 1.82) is 0 Å². The first kappa shape index (κ1) is 26.4. The van der Waals surface area contributed by atoms with Crippen LogP contribution in [0.5, 0.6) is 0 Å². The average molecular weight is 496 g/mol. The summed E-state index contributed by atoms with van der Waals surface area (Å²) >= 11 is 0. The Balaban J connectivity index is 3.50. The molecule has 6 N–H and O–H groups in total. The standard InChI is InChI=1S/C6H16O18P4/c7-1-3(21-25(9,10)11)2(8)5(23-27(15,16)17)6(24-28(18,19)20)4(1)22-26(12,13)14/h1-8H,(H2,9,10,11)(H2,12,13,14)(H2,15,16,17)(H2,18,19,20)/p-4/t1-,2-,3?,4-,5+,6?/m0/s1. The Labute approximate surface area is 154 Å². The normalized spacial score (nSPS) is 39.9. The predicted molar refractivity (Wildman–Crippen MR) is 70.8 cm³/mol. The minimum absolute atomic E-state index is 2.70. The fourth-order valence-corrected chi connectivity index (χ4v) is 4.47. The van der Waals surface area contributed by atoms with E-state index in [4.69, 9.17) is 19.6 Å². The van der Waals surface area contributed by atoms with Gasteiger partial charge in [0.15, 0.2) is 0 Å². The van der Waals surface area contributed by atoms with Gasteiger partial charge in [-0.15, -0.1) is 0 Å². The SMILES string of the molecule is O=P([O-])(O)OC1[C@H](O)[C@H](OP(=O)([O-])O)C(OP(=O)([O-])O)[C@H](OP(=O)([O-])O)[C@H]1O. The Morgan fingerprint density at radius 2 is 0.714 bits per heavy atom. The number of hydrogen-bond donors (Lipinski definition) is 6. The summed E-state index contributed by atoms with van der Waals surface area (Å²) in [6, 6.07) is 0. The highest BCUT2D eigenvalue weighted by molar-refractivity contribution is 7.45. The number of rotatable bonds is 8. The predicted octanol–water partition coefficient (Wildman–Crippen LogP) is -5.89. The molecule has 10 atom stereocenters. The molecule has 0 aromatic heterocycles. The molecule has 0 aromatic rings. The molecule has 0 amide bonds. The van der Waals surface area contributed by atoms with E-state index in [0.29, 0.717) is 0 Å². The molecule has 22 heteroatoms. The monoisotopic (exact) mass is 496 g/mol. The molecule has 168 valence electrons. The summed E-state index contributed by atoms with van der Waals surface area (Å²) < 4.78 is 59.2. The number of hydrogen-bond acceptors (Lipinski definition) is 14. The van der Waals surface area contributed by atoms with Crippen molar-refractivity contribution < 1.29 is 85.7 Å². The van der Waals surface area contributed by atoms with Crippen LogP contribution < -0.4 is 19.6 Å². The van der Waals surface area contributed by atoms with Gasteiger partial charge in [0.25, 0.3) is 31.3 Å². The van der Waals surface area contributed by atoms with Gasteiger partial charge in [0.05, 0.1) is 0 Å². The second kappa shape index (κ2) is 8.85. The molecule has 0 bridgehead atoms. The van der Waals surface area contributed by atoms with Crippen LogP contribution in [0.25, 0.3) is 0 Å². The van der Waals surface area contributed by atoms with E-state index in [1.54, 1.807) is 0 Å². The molecule has 0 aromatic carbocycles. The van der Waals surface area contributed by atoms with Gasteiger partial charge in [-0.25, -0.2) is 0 Å². The van der Waals surface area contributed by atoms with E-state index in [9.17, 15) is 48.0 Å². The van der Waals surface area contributed by atoms with Crippen molar-refractivity contribution in [3.05, 3.63) is 0 Å². The zero-order valence-corrected chi connectivity index (χ0v) is 16.4. The lowest BCUT2D eigenvalue weighted by atomic mass is 9.85. The second-order valence-corrected chi connectivity index (χ2v) is 9.73. The molecule has 18 nitrogen and oxygen atoms in total. The van der Waals surface area contributed by atoms with E-state index < -0.39 is 67.9 Å². The Hall–Kier alpha value is 0.360. The first-order chi connectivity index (χ1) is 12.2. The second-order valence-electron chi connectivity index (χ2n) is 5.14. The highest BCUT2D eigenvalue weighted by Crippen LogP contribution is 2.49. The van der Waals surface area contributed by atoms with E-state index in [1.165, 1.54) is 0 Å². The van der Waals surface area contributed by atoms with Gasteiger partial charge in [-0.3, -0.25) is 18.3 Å². The number of phosphoric ester groups is 4. The smallest absolute Gasteiger partial charge is 0.265 e. The van der Waals surface area contributed by atoms with Gasteiger partial charge >= 0.3 is 0 Å². The molecule has 1 saturated carbocycles. The number of aliphatic hydroxyl groups is 2. The zero-order valence-electron chi connectivity index (χ0n) is 12.8. The van der Waals surface area contributed by atoms with Crippen molar-refractivity contribution in [2.24, 2.45) is 0 Å². The molecule has 1 rings (SSSR count). The zero-order chi connectivity index (χ0) is 22.3. The molecule has 0 aliphatic heterocycles. The molecular weight excluding hydrogens is 484 g/mol. The summed E-state index contributed by atoms with van der Waals surface area (Å²) in [6.45, 7) is 0. The first-order valence-corrected chi connectivity index (χ1v) is 12.4. The maximum absolute atomic E-state index is 10.9. The van der Waals surface area contributed by atoms with Crippen molar-refractivity contribution in [2.45, 2.75) is 36.6 Å². The maximum atomic E-state index is 10.9. The van der Waals surface area contributed by atoms with Crippen LogP contribution in [0, 0.1) is 0 Å². The molecule has 0 heterocycles. The van der Waals surface area contributed by atoms with Gasteiger partial charge in [-0.2, -0.15) is 0 Å². The van der Waals surface area contributed by atoms with Crippen molar-refractivity contribution in [3.63, 3.8) is 0 Å². The third kappa shape index (κ3) is 8.62. The fraction of sp³-hybridized carbons (Fsp3) is 1.00. The number of phosphoric acid groups is 4. The van der Waals surface area contributed by atoms with Crippen LogP contribution in [0.1, 0.15) is 0 Å². The van der Waals surface area contributed by atoms with Gasteiger partial charge in [-0.1, -0.05) is 0 Å². The van der Waals surface area contributed by atoms with E-state index in [1.807, 2.05) is 0 Å². The lowest BCUT2D eigenvalue weighted by molar-refractivity contribution is -0.285. The summed E-state index contributed by atoms with van der Waals surface area (Å²) in [5.74, 6) is 0. The Morgan fingerprint density at radius 1 is 0.500 bits per heavy atom. The van der Waals surface area contributed by atoms with Gasteiger partial charge in [0.2, 0.25) is 0 Å². The van der Waals surface area contributed by atoms with E-state index in [0.717, 1.165) is 0 Å². The molecule has 0 radical (unpaired) electrons. The van der Waals surface area contributed by atoms with Crippen LogP contribution in [0.2, 0.25) is 0 Å². The van der Waals surface area contributed by atoms with Crippen molar-refractivity contribution in [1.82, 2.24) is 0 Å². The third-order valence-corrected chi connectivity index (χ3v) is 5.05. The molecule has 1 aliphatic rings. The van der Waals surface area contributed by atoms with Gasteiger partial charge in [-0.05, 0) is 0 Å². The summed E-state index contributed by atoms with van der Waals surface area (Å²) in [5, 5.41) is 19.9. The molecular formula is C6H12O18P4-4. The minimum Gasteiger partial charge on any atom is -0.756 e. The molecule has 28 heavy (non-hydrogen) atoms. The third-order valence-electron chi connectivity index (χ3n) is 3.01. The van der Waals surface area contributed by atoms with E-state index >= 15 is 0 Å². The van der Waals surface area contributed by atoms with Crippen LogP contribution in [0.4, 0.5) is 0 Å². The summed E-state index contributed by atoms with van der Waals surface area (Å²) in [6.07, 6.45) is -16.7. The first-order valence-electron chi connectivity index (χ1n) is 6.45. The van der Waals surface area contributed by atoms with Crippen LogP contribution in [-0.2, 0) is 36.4 Å². The van der Waals surface area contributed by atoms with E-state index in [2.05, 4.69) is 18.1 Å². The molecule has 6 unspecified atom stereocenters. The molecule has 1 aliphatic carbocycles. The van der Waals surface area contributed by atoms with Crippen molar-refractivity contribution in [3.8, 4) is 0 Å². The Kier molecular flexibility index (Phi) is 8.34. The lowest BCUT2D eigenvalue weighted by Crippen LogP contribution is -2.66. The van der Waals surface area contributed by atoms with Crippen LogP contribution in [0.15, 0.2) is 0 Å². The topological polar surface area (TPSA) is 319 Å². The van der Waals surface area contributed by atoms with Crippen LogP contribution in [0.3, 0.4) is 0 Å². The van der Waals surface area contributed by atoms with Crippen LogP contribution >= 0.6 is 31.3 Å². The maximum Gasteiger partial charge on any atom is 0.265 e. The van der Waals surface area contributed by atoms with Crippen molar-refractivity contribution >= 4 is 31.3 Å². The minimum atomic E-state index is -5.94. The molecule has 0 spiro atoms. The summed E-state index contributed by atoms with van der Waals surface area (Å²) in [4.78, 5) is 78.5. The quantitative estimate of drug-likeness (QED) is 0.170. The Bertz CT molecular complexity index is 688. The lowest BCUT2D eigenvalue weighted by Gasteiger charge is -2.48. The average Bonchev–Trinajstić information content (AvgIpc) is 2.39. The Morgan fingerprint density at radius 3 is 0.964 bits per heavy atom. The van der Waals surface area contributed by atoms with Crippen LogP contribution in [-0.4, -0.2) is 66.4 Å². The van der Waals surface area contributed by atoms with Gasteiger partial charge < -0.3 is 67.5 Å². The van der Waals surface area contributed by atoms with Crippen molar-refractivity contribution in [2.75, 3.05) is 0 Å². The number of aliphatic hydroxyl groups excluding tert-OH is 2. The van der Waals surface area contributed by atoms with Gasteiger partial charge in [0, 0.05) is 0 Å². The fourth-order valence-electron chi connectivity index (χ4n) is 2.26. The van der Waals surface area contributed by atoms with Gasteiger partial charge in [0.1, 0.15) is 36.6 Å². The summed E-state index contributed by atoms with van der Waals surface area (Å²) in [7, 11) is -23.6. The largest absolute Gasteiger partial charge is 0.756 e. The summed E-state index contributed by atoms with van der Waals surface area (Å²) in [5.41, 5.74) is 0.